The summed E-state index contributed by atoms with van der Waals surface area (Å²) in [4.78, 5) is 25.8. The van der Waals surface area contributed by atoms with E-state index in [1.54, 1.807) is 6.92 Å². The lowest BCUT2D eigenvalue weighted by Gasteiger charge is -2.57. The Morgan fingerprint density at radius 1 is 1.06 bits per heavy atom. The normalized spacial score (nSPS) is 31.3. The molecule has 4 aliphatic carbocycles. The van der Waals surface area contributed by atoms with Crippen LogP contribution in [0.25, 0.3) is 0 Å². The molecule has 5 fully saturated rings. The number of carbonyl (C=O) groups excluding carboxylic acids is 2. The predicted octanol–water partition coefficient (Wildman–Crippen LogP) is 3.11. The molecule has 186 valence electrons. The number of amides is 1. The second kappa shape index (κ2) is 8.82. The highest BCUT2D eigenvalue weighted by Gasteiger charge is 2.51. The van der Waals surface area contributed by atoms with Crippen LogP contribution >= 0.6 is 0 Å². The zero-order chi connectivity index (χ0) is 24.1. The zero-order valence-electron chi connectivity index (χ0n) is 19.9. The van der Waals surface area contributed by atoms with Gasteiger partial charge in [0.1, 0.15) is 10.6 Å². The van der Waals surface area contributed by atoms with Gasteiger partial charge in [-0.05, 0) is 94.2 Å². The first-order valence-electron chi connectivity index (χ1n) is 12.4. The number of methoxy groups -OCH3 is 1. The van der Waals surface area contributed by atoms with Gasteiger partial charge < -0.3 is 14.8 Å². The van der Waals surface area contributed by atoms with Crippen LogP contribution in [-0.4, -0.2) is 56.4 Å². The van der Waals surface area contributed by atoms with Crippen molar-refractivity contribution in [3.05, 3.63) is 23.8 Å². The fraction of sp³-hybridized carbons (Fsp3) is 0.680. The number of carbonyl (C=O) groups is 2. The number of nitrogens with zero attached hydrogens (tertiary/aromatic N) is 1. The number of esters is 1. The van der Waals surface area contributed by atoms with Crippen LogP contribution in [0.2, 0.25) is 0 Å². The minimum Gasteiger partial charge on any atom is -0.495 e. The highest BCUT2D eigenvalue weighted by Crippen LogP contribution is 2.55. The van der Waals surface area contributed by atoms with Gasteiger partial charge in [-0.15, -0.1) is 0 Å². The second-order valence-electron chi connectivity index (χ2n) is 10.7. The highest BCUT2D eigenvalue weighted by molar-refractivity contribution is 7.89. The lowest BCUT2D eigenvalue weighted by molar-refractivity contribution is -0.134. The van der Waals surface area contributed by atoms with Gasteiger partial charge in [0.15, 0.2) is 6.10 Å². The molecule has 0 spiro atoms. The summed E-state index contributed by atoms with van der Waals surface area (Å²) in [7, 11) is -2.40. The molecule has 1 aromatic carbocycles. The van der Waals surface area contributed by atoms with Gasteiger partial charge in [0.2, 0.25) is 10.0 Å². The Bertz CT molecular complexity index is 1040. The van der Waals surface area contributed by atoms with Crippen molar-refractivity contribution in [3.8, 4) is 5.75 Å². The smallest absolute Gasteiger partial charge is 0.338 e. The summed E-state index contributed by atoms with van der Waals surface area (Å²) in [6.45, 7) is 2.46. The SMILES string of the molecule is COc1ccc(C(=O)O[C@@H](C)C(=O)NC23CC4CC(CC(C4)C2)C3)cc1S(=O)(=O)N1CCCC1. The average molecular weight is 491 g/mol. The summed E-state index contributed by atoms with van der Waals surface area (Å²) in [5, 5.41) is 3.23. The molecule has 1 atom stereocenters. The van der Waals surface area contributed by atoms with Gasteiger partial charge in [0.25, 0.3) is 5.91 Å². The van der Waals surface area contributed by atoms with E-state index >= 15 is 0 Å². The Balaban J connectivity index is 1.28. The van der Waals surface area contributed by atoms with Crippen LogP contribution in [0.4, 0.5) is 0 Å². The third-order valence-corrected chi connectivity index (χ3v) is 10.1. The third kappa shape index (κ3) is 4.33. The molecule has 9 heteroatoms. The third-order valence-electron chi connectivity index (χ3n) is 8.16. The van der Waals surface area contributed by atoms with Crippen molar-refractivity contribution in [1.29, 1.82) is 0 Å². The molecule has 4 saturated carbocycles. The number of hydrogen-bond donors (Lipinski definition) is 1. The Morgan fingerprint density at radius 2 is 1.65 bits per heavy atom. The first-order valence-corrected chi connectivity index (χ1v) is 13.8. The number of sulfonamides is 1. The molecule has 1 aromatic rings. The van der Waals surface area contributed by atoms with Crippen molar-refractivity contribution in [2.45, 2.75) is 74.8 Å². The number of benzene rings is 1. The van der Waals surface area contributed by atoms with E-state index in [0.29, 0.717) is 30.8 Å². The van der Waals surface area contributed by atoms with Crippen molar-refractivity contribution in [1.82, 2.24) is 9.62 Å². The van der Waals surface area contributed by atoms with Crippen LogP contribution in [0.1, 0.15) is 68.6 Å². The average Bonchev–Trinajstić information content (AvgIpc) is 3.33. The van der Waals surface area contributed by atoms with E-state index in [9.17, 15) is 18.0 Å². The molecule has 1 amide bonds. The zero-order valence-corrected chi connectivity index (χ0v) is 20.7. The van der Waals surface area contributed by atoms with Crippen molar-refractivity contribution in [2.75, 3.05) is 20.2 Å². The Kier molecular flexibility index (Phi) is 6.13. The molecule has 0 aromatic heterocycles. The van der Waals surface area contributed by atoms with Crippen LogP contribution < -0.4 is 10.1 Å². The minimum absolute atomic E-state index is 0.0583. The fourth-order valence-electron chi connectivity index (χ4n) is 6.98. The van der Waals surface area contributed by atoms with Crippen molar-refractivity contribution in [3.63, 3.8) is 0 Å². The van der Waals surface area contributed by atoms with Crippen molar-refractivity contribution in [2.24, 2.45) is 17.8 Å². The van der Waals surface area contributed by atoms with Gasteiger partial charge in [-0.3, -0.25) is 4.79 Å². The monoisotopic (exact) mass is 490 g/mol. The van der Waals surface area contributed by atoms with Crippen LogP contribution in [0.3, 0.4) is 0 Å². The molecule has 6 rings (SSSR count). The lowest BCUT2D eigenvalue weighted by Crippen LogP contribution is -2.61. The maximum absolute atomic E-state index is 13.1. The first kappa shape index (κ1) is 23.6. The van der Waals surface area contributed by atoms with Gasteiger partial charge in [-0.2, -0.15) is 4.31 Å². The molecule has 34 heavy (non-hydrogen) atoms. The lowest BCUT2D eigenvalue weighted by atomic mass is 9.53. The molecule has 1 heterocycles. The molecule has 1 aliphatic heterocycles. The summed E-state index contributed by atoms with van der Waals surface area (Å²) in [5.74, 6) is 1.25. The van der Waals surface area contributed by atoms with E-state index in [0.717, 1.165) is 32.1 Å². The molecular weight excluding hydrogens is 456 g/mol. The van der Waals surface area contributed by atoms with E-state index in [1.807, 2.05) is 0 Å². The maximum atomic E-state index is 13.1. The molecule has 1 N–H and O–H groups in total. The first-order chi connectivity index (χ1) is 16.2. The molecule has 0 radical (unpaired) electrons. The number of hydrogen-bond acceptors (Lipinski definition) is 6. The molecule has 4 bridgehead atoms. The Morgan fingerprint density at radius 3 is 2.21 bits per heavy atom. The topological polar surface area (TPSA) is 102 Å². The molecule has 8 nitrogen and oxygen atoms in total. The van der Waals surface area contributed by atoms with E-state index < -0.39 is 22.1 Å². The maximum Gasteiger partial charge on any atom is 0.338 e. The highest BCUT2D eigenvalue weighted by atomic mass is 32.2. The van der Waals surface area contributed by atoms with Crippen LogP contribution in [0.15, 0.2) is 23.1 Å². The summed E-state index contributed by atoms with van der Waals surface area (Å²) in [6, 6.07) is 4.21. The van der Waals surface area contributed by atoms with Gasteiger partial charge in [-0.1, -0.05) is 0 Å². The number of nitrogens with one attached hydrogen (secondary N) is 1. The molecule has 5 aliphatic rings. The van der Waals surface area contributed by atoms with E-state index in [4.69, 9.17) is 9.47 Å². The van der Waals surface area contributed by atoms with Gasteiger partial charge >= 0.3 is 5.97 Å². The number of ether oxygens (including phenoxy) is 2. The summed E-state index contributed by atoms with van der Waals surface area (Å²) in [5.41, 5.74) is -0.0862. The second-order valence-corrected chi connectivity index (χ2v) is 12.6. The Labute approximate surface area is 201 Å². The minimum atomic E-state index is -3.79. The van der Waals surface area contributed by atoms with Crippen molar-refractivity contribution >= 4 is 21.9 Å². The van der Waals surface area contributed by atoms with Crippen LogP contribution in [0, 0.1) is 17.8 Å². The fourth-order valence-corrected chi connectivity index (χ4v) is 8.68. The van der Waals surface area contributed by atoms with Gasteiger partial charge in [0.05, 0.1) is 12.7 Å². The molecular formula is C25H34N2O6S. The largest absolute Gasteiger partial charge is 0.495 e. The van der Waals surface area contributed by atoms with E-state index in [-0.39, 0.29) is 27.7 Å². The quantitative estimate of drug-likeness (QED) is 0.590. The van der Waals surface area contributed by atoms with Crippen molar-refractivity contribution < 1.29 is 27.5 Å². The van der Waals surface area contributed by atoms with Crippen LogP contribution in [0.5, 0.6) is 5.75 Å². The Hall–Kier alpha value is -2.13. The van der Waals surface area contributed by atoms with Gasteiger partial charge in [-0.25, -0.2) is 13.2 Å². The molecule has 1 saturated heterocycles. The van der Waals surface area contributed by atoms with E-state index in [2.05, 4.69) is 5.32 Å². The summed E-state index contributed by atoms with van der Waals surface area (Å²) < 4.78 is 38.3. The predicted molar refractivity (Wildman–Crippen MR) is 125 cm³/mol. The van der Waals surface area contributed by atoms with E-state index in [1.165, 1.54) is 48.9 Å². The van der Waals surface area contributed by atoms with Crippen LogP contribution in [-0.2, 0) is 19.6 Å². The summed E-state index contributed by atoms with van der Waals surface area (Å²) in [6.07, 6.45) is 7.52. The standard InChI is InChI=1S/C25H34N2O6S/c1-16(23(28)26-25-13-17-9-18(14-25)11-19(10-17)15-25)33-24(29)20-5-6-21(32-2)22(12-20)34(30,31)27-7-3-4-8-27/h5-6,12,16-19H,3-4,7-11,13-15H2,1-2H3,(H,26,28)/t16-,17?,18?,19?,25?/m0/s1. The van der Waals surface area contributed by atoms with Gasteiger partial charge in [0, 0.05) is 18.6 Å². The summed E-state index contributed by atoms with van der Waals surface area (Å²) >= 11 is 0. The molecule has 0 unspecified atom stereocenters. The number of rotatable bonds is 7.